The number of rotatable bonds is 2. The summed E-state index contributed by atoms with van der Waals surface area (Å²) >= 11 is 0. The Bertz CT molecular complexity index is 276. The summed E-state index contributed by atoms with van der Waals surface area (Å²) < 4.78 is 35.4. The van der Waals surface area contributed by atoms with Crippen LogP contribution in [0.4, 0.5) is 18.6 Å². The number of nitrogens with two attached hydrogens (primary N) is 1. The van der Waals surface area contributed by atoms with Gasteiger partial charge in [-0.2, -0.15) is 0 Å². The molecule has 0 spiro atoms. The van der Waals surface area contributed by atoms with Crippen molar-refractivity contribution in [3.63, 3.8) is 0 Å². The predicted molar refractivity (Wildman–Crippen MR) is 38.8 cm³/mol. The minimum Gasteiger partial charge on any atom is -0.508 e. The lowest BCUT2D eigenvalue weighted by atomic mass is 10.1. The quantitative estimate of drug-likeness (QED) is 0.511. The van der Waals surface area contributed by atoms with Crippen LogP contribution in [0.25, 0.3) is 0 Å². The predicted octanol–water partition coefficient (Wildman–Crippen LogP) is 0.931. The Balaban J connectivity index is 2.77. The maximum absolute atomic E-state index is 11.8. The van der Waals surface area contributed by atoms with Crippen LogP contribution in [0, 0.1) is 0 Å². The summed E-state index contributed by atoms with van der Waals surface area (Å²) in [6.45, 7) is 0. The fraction of sp³-hybridized carbons (Fsp3) is 0. The summed E-state index contributed by atoms with van der Waals surface area (Å²) in [7, 11) is -4.93. The topological polar surface area (TPSA) is 36.8 Å². The van der Waals surface area contributed by atoms with Crippen molar-refractivity contribution < 1.29 is 23.3 Å². The molecule has 0 fully saturated rings. The highest BCUT2D eigenvalue weighted by Gasteiger charge is 2.33. The summed E-state index contributed by atoms with van der Waals surface area (Å²) in [5, 5.41) is 9.02. The molecule has 0 atom stereocenters. The maximum atomic E-state index is 11.8. The molecule has 1 rings (SSSR count). The van der Waals surface area contributed by atoms with Crippen molar-refractivity contribution in [2.24, 2.45) is 0 Å². The molecule has 2 nitrogen and oxygen atoms in total. The van der Waals surface area contributed by atoms with Gasteiger partial charge >= 0.3 is 7.11 Å². The monoisotopic (exact) mass is 177 g/mol. The molecule has 66 valence electrons. The standard InChI is InChI=1S/C6H7BF3NO/c8-7(9,10)11-5-2-1-3-6(12)4-5/h1-4,12H,11H2. The lowest BCUT2D eigenvalue weighted by Gasteiger charge is -2.10. The average molecular weight is 177 g/mol. The van der Waals surface area contributed by atoms with Crippen molar-refractivity contribution in [2.45, 2.75) is 0 Å². The van der Waals surface area contributed by atoms with Crippen LogP contribution in [0.3, 0.4) is 0 Å². The third-order valence-corrected chi connectivity index (χ3v) is 1.25. The molecule has 6 heteroatoms. The van der Waals surface area contributed by atoms with Crippen LogP contribution < -0.4 is 5.23 Å². The van der Waals surface area contributed by atoms with E-state index in [2.05, 4.69) is 0 Å². The first kappa shape index (κ1) is 8.93. The van der Waals surface area contributed by atoms with Crippen LogP contribution in [0.2, 0.25) is 0 Å². The van der Waals surface area contributed by atoms with E-state index in [4.69, 9.17) is 5.11 Å². The molecule has 0 saturated carbocycles. The van der Waals surface area contributed by atoms with Crippen LogP contribution in [-0.4, -0.2) is 12.2 Å². The molecule has 0 radical (unpaired) electrons. The molecule has 0 saturated heterocycles. The largest absolute Gasteiger partial charge is 0.734 e. The van der Waals surface area contributed by atoms with Gasteiger partial charge in [0, 0.05) is 6.07 Å². The van der Waals surface area contributed by atoms with Crippen LogP contribution in [0.1, 0.15) is 0 Å². The Hall–Kier alpha value is -1.17. The van der Waals surface area contributed by atoms with Crippen molar-refractivity contribution in [2.75, 3.05) is 0 Å². The molecule has 0 heterocycles. The van der Waals surface area contributed by atoms with E-state index >= 15 is 0 Å². The summed E-state index contributed by atoms with van der Waals surface area (Å²) in [6, 6.07) is 5.04. The van der Waals surface area contributed by atoms with Crippen molar-refractivity contribution in [1.82, 2.24) is 0 Å². The molecule has 0 aliphatic heterocycles. The number of aromatic hydroxyl groups is 1. The highest BCUT2D eigenvalue weighted by Crippen LogP contribution is 2.12. The van der Waals surface area contributed by atoms with Gasteiger partial charge in [-0.15, -0.1) is 0 Å². The highest BCUT2D eigenvalue weighted by molar-refractivity contribution is 6.48. The van der Waals surface area contributed by atoms with Gasteiger partial charge in [0.15, 0.2) is 0 Å². The first-order valence-corrected chi connectivity index (χ1v) is 3.32. The Morgan fingerprint density at radius 1 is 1.25 bits per heavy atom. The Kier molecular flexibility index (Phi) is 2.28. The van der Waals surface area contributed by atoms with Crippen LogP contribution in [0.5, 0.6) is 5.75 Å². The van der Waals surface area contributed by atoms with Crippen molar-refractivity contribution in [3.8, 4) is 5.75 Å². The summed E-state index contributed by atoms with van der Waals surface area (Å²) in [5.74, 6) is -0.163. The Morgan fingerprint density at radius 3 is 2.42 bits per heavy atom. The first-order chi connectivity index (χ1) is 5.47. The van der Waals surface area contributed by atoms with E-state index in [9.17, 15) is 12.9 Å². The van der Waals surface area contributed by atoms with E-state index < -0.39 is 7.11 Å². The summed E-state index contributed by atoms with van der Waals surface area (Å²) in [6.07, 6.45) is 0. The molecule has 0 aromatic heterocycles. The van der Waals surface area contributed by atoms with E-state index in [-0.39, 0.29) is 16.7 Å². The van der Waals surface area contributed by atoms with Gasteiger partial charge in [0.05, 0.1) is 5.69 Å². The minimum absolute atomic E-state index is 0.0255. The van der Waals surface area contributed by atoms with Crippen molar-refractivity contribution in [1.29, 1.82) is 0 Å². The Labute approximate surface area is 67.1 Å². The third kappa shape index (κ3) is 2.83. The molecule has 0 unspecified atom stereocenters. The SMILES string of the molecule is Oc1cccc([NH2+][B-](F)(F)F)c1. The molecule has 12 heavy (non-hydrogen) atoms. The number of quaternary nitrogens is 1. The van der Waals surface area contributed by atoms with Crippen molar-refractivity contribution in [3.05, 3.63) is 24.3 Å². The number of phenolic OH excluding ortho intramolecular Hbond substituents is 1. The number of halogens is 3. The maximum Gasteiger partial charge on any atom is 0.734 e. The fourth-order valence-electron chi connectivity index (χ4n) is 0.847. The molecule has 0 aliphatic rings. The number of phenols is 1. The van der Waals surface area contributed by atoms with E-state index in [0.29, 0.717) is 0 Å². The van der Waals surface area contributed by atoms with Crippen molar-refractivity contribution >= 4 is 12.8 Å². The fourth-order valence-corrected chi connectivity index (χ4v) is 0.847. The highest BCUT2D eigenvalue weighted by atomic mass is 19.4. The second kappa shape index (κ2) is 3.06. The first-order valence-electron chi connectivity index (χ1n) is 3.32. The lowest BCUT2D eigenvalue weighted by molar-refractivity contribution is -0.470. The second-order valence-corrected chi connectivity index (χ2v) is 2.39. The number of benzene rings is 1. The summed E-state index contributed by atoms with van der Waals surface area (Å²) in [4.78, 5) is 0. The van der Waals surface area contributed by atoms with E-state index in [0.717, 1.165) is 6.07 Å². The minimum atomic E-state index is -4.93. The number of hydrogen-bond donors (Lipinski definition) is 2. The summed E-state index contributed by atoms with van der Waals surface area (Å²) in [5.41, 5.74) is -0.0255. The van der Waals surface area contributed by atoms with E-state index in [1.54, 1.807) is 0 Å². The molecular weight excluding hydrogens is 170 g/mol. The van der Waals surface area contributed by atoms with E-state index in [1.165, 1.54) is 18.2 Å². The smallest absolute Gasteiger partial charge is 0.508 e. The lowest BCUT2D eigenvalue weighted by Crippen LogP contribution is -2.91. The van der Waals surface area contributed by atoms with Gasteiger partial charge in [-0.05, 0) is 12.1 Å². The van der Waals surface area contributed by atoms with Gasteiger partial charge < -0.3 is 23.3 Å². The normalized spacial score (nSPS) is 11.6. The zero-order valence-corrected chi connectivity index (χ0v) is 6.05. The molecule has 0 bridgehead atoms. The Morgan fingerprint density at radius 2 is 1.92 bits per heavy atom. The molecule has 3 N–H and O–H groups in total. The van der Waals surface area contributed by atoms with Crippen LogP contribution >= 0.6 is 0 Å². The van der Waals surface area contributed by atoms with Gasteiger partial charge in [-0.3, -0.25) is 0 Å². The molecule has 1 aromatic carbocycles. The zero-order chi connectivity index (χ0) is 9.19. The van der Waals surface area contributed by atoms with Gasteiger partial charge in [-0.25, -0.2) is 0 Å². The van der Waals surface area contributed by atoms with Gasteiger partial charge in [0.25, 0.3) is 0 Å². The van der Waals surface area contributed by atoms with E-state index in [1.807, 2.05) is 0 Å². The third-order valence-electron chi connectivity index (χ3n) is 1.25. The van der Waals surface area contributed by atoms with Gasteiger partial charge in [-0.1, -0.05) is 6.07 Å². The molecule has 0 aliphatic carbocycles. The number of hydrogen-bond acceptors (Lipinski definition) is 1. The van der Waals surface area contributed by atoms with Gasteiger partial charge in [0.2, 0.25) is 0 Å². The van der Waals surface area contributed by atoms with Gasteiger partial charge in [0.1, 0.15) is 5.75 Å². The second-order valence-electron chi connectivity index (χ2n) is 2.39. The molecule has 1 aromatic rings. The average Bonchev–Trinajstić information content (AvgIpc) is 1.82. The molecule has 0 amide bonds. The van der Waals surface area contributed by atoms with Crippen LogP contribution in [0.15, 0.2) is 24.3 Å². The molecular formula is C6H7BF3NO. The zero-order valence-electron chi connectivity index (χ0n) is 6.05. The van der Waals surface area contributed by atoms with Crippen LogP contribution in [-0.2, 0) is 0 Å².